The third-order valence-electron chi connectivity index (χ3n) is 5.92. The van der Waals surface area contributed by atoms with Gasteiger partial charge in [-0.1, -0.05) is 48.0 Å². The number of nitrogens with zero attached hydrogens (tertiary/aromatic N) is 1. The van der Waals surface area contributed by atoms with Crippen molar-refractivity contribution in [3.8, 4) is 16.9 Å². The van der Waals surface area contributed by atoms with E-state index < -0.39 is 10.0 Å². The topological polar surface area (TPSA) is 57.6 Å². The minimum atomic E-state index is -3.63. The number of hydrogen-bond donors (Lipinski definition) is 1. The second-order valence-corrected chi connectivity index (χ2v) is 9.48. The summed E-state index contributed by atoms with van der Waals surface area (Å²) in [6.45, 7) is 2.39. The van der Waals surface area contributed by atoms with Crippen LogP contribution in [0.25, 0.3) is 11.1 Å². The van der Waals surface area contributed by atoms with Gasteiger partial charge in [-0.3, -0.25) is 0 Å². The summed E-state index contributed by atoms with van der Waals surface area (Å²) in [6.07, 6.45) is 1.26. The number of fused-ring (bicyclic) bond motifs is 2. The largest absolute Gasteiger partial charge is 0.507 e. The zero-order valence-corrected chi connectivity index (χ0v) is 16.4. The summed E-state index contributed by atoms with van der Waals surface area (Å²) in [6, 6.07) is 18.4. The molecule has 0 amide bonds. The minimum Gasteiger partial charge on any atom is -0.507 e. The number of phenols is 1. The molecule has 1 heterocycles. The quantitative estimate of drug-likeness (QED) is 0.712. The van der Waals surface area contributed by atoms with Crippen molar-refractivity contribution in [3.63, 3.8) is 0 Å². The van der Waals surface area contributed by atoms with Crippen molar-refractivity contribution >= 4 is 10.0 Å². The first-order valence-electron chi connectivity index (χ1n) is 9.48. The Labute approximate surface area is 165 Å². The molecule has 3 aromatic carbocycles. The van der Waals surface area contributed by atoms with E-state index in [1.54, 1.807) is 22.5 Å². The summed E-state index contributed by atoms with van der Waals surface area (Å²) in [5.74, 6) is 0.213. The lowest BCUT2D eigenvalue weighted by Crippen LogP contribution is -2.42. The lowest BCUT2D eigenvalue weighted by molar-refractivity contribution is 0.303. The van der Waals surface area contributed by atoms with E-state index in [2.05, 4.69) is 0 Å². The Kier molecular flexibility index (Phi) is 3.86. The molecule has 5 heteroatoms. The van der Waals surface area contributed by atoms with Gasteiger partial charge in [-0.15, -0.1) is 0 Å². The number of rotatable bonds is 2. The van der Waals surface area contributed by atoms with E-state index >= 15 is 0 Å². The molecule has 0 saturated carbocycles. The normalized spacial score (nSPS) is 18.4. The highest BCUT2D eigenvalue weighted by Gasteiger charge is 2.41. The van der Waals surface area contributed by atoms with Crippen LogP contribution in [-0.2, 0) is 22.9 Å². The fourth-order valence-electron chi connectivity index (χ4n) is 4.55. The van der Waals surface area contributed by atoms with Crippen molar-refractivity contribution in [3.05, 3.63) is 82.9 Å². The standard InChI is InChI=1S/C23H21NO3S/c1-15-6-9-18(10-7-15)28(26,27)24-13-12-16-8-11-21(25)23-19-5-3-2-4-17(19)14-20(24)22(16)23/h2-11,20,25H,12-14H2,1H3. The van der Waals surface area contributed by atoms with Crippen LogP contribution < -0.4 is 0 Å². The summed E-state index contributed by atoms with van der Waals surface area (Å²) < 4.78 is 28.6. The van der Waals surface area contributed by atoms with Crippen molar-refractivity contribution < 1.29 is 13.5 Å². The van der Waals surface area contributed by atoms with E-state index in [0.29, 0.717) is 24.3 Å². The highest BCUT2D eigenvalue weighted by atomic mass is 32.2. The number of sulfonamides is 1. The smallest absolute Gasteiger partial charge is 0.243 e. The first-order chi connectivity index (χ1) is 13.5. The van der Waals surface area contributed by atoms with E-state index in [1.807, 2.05) is 49.4 Å². The molecule has 0 saturated heterocycles. The van der Waals surface area contributed by atoms with Gasteiger partial charge < -0.3 is 5.11 Å². The fourth-order valence-corrected chi connectivity index (χ4v) is 6.15. The molecule has 1 unspecified atom stereocenters. The fraction of sp³-hybridized carbons (Fsp3) is 0.217. The Morgan fingerprint density at radius 3 is 2.50 bits per heavy atom. The first kappa shape index (κ1) is 17.5. The molecule has 1 N–H and O–H groups in total. The SMILES string of the molecule is Cc1ccc(S(=O)(=O)N2CCc3ccc(O)c4c3C2Cc2ccccc2-4)cc1. The molecule has 1 atom stereocenters. The molecule has 2 aliphatic rings. The highest BCUT2D eigenvalue weighted by Crippen LogP contribution is 2.49. The monoisotopic (exact) mass is 391 g/mol. The predicted octanol–water partition coefficient (Wildman–Crippen LogP) is 4.21. The molecule has 0 aromatic heterocycles. The Morgan fingerprint density at radius 1 is 0.964 bits per heavy atom. The molecular weight excluding hydrogens is 370 g/mol. The van der Waals surface area contributed by atoms with Gasteiger partial charge in [-0.2, -0.15) is 4.31 Å². The first-order valence-corrected chi connectivity index (χ1v) is 10.9. The Balaban J connectivity index is 1.69. The van der Waals surface area contributed by atoms with Crippen LogP contribution in [0.1, 0.15) is 28.3 Å². The molecule has 0 radical (unpaired) electrons. The molecule has 3 aromatic rings. The number of phenolic OH excluding ortho intramolecular Hbond substituents is 1. The summed E-state index contributed by atoms with van der Waals surface area (Å²) in [7, 11) is -3.63. The number of aromatic hydroxyl groups is 1. The van der Waals surface area contributed by atoms with E-state index in [1.165, 1.54) is 0 Å². The molecule has 5 rings (SSSR count). The van der Waals surface area contributed by atoms with Crippen molar-refractivity contribution in [2.75, 3.05) is 6.54 Å². The maximum Gasteiger partial charge on any atom is 0.243 e. The number of aryl methyl sites for hydroxylation is 1. The maximum absolute atomic E-state index is 13.5. The van der Waals surface area contributed by atoms with Crippen LogP contribution in [-0.4, -0.2) is 24.4 Å². The van der Waals surface area contributed by atoms with Gasteiger partial charge in [0.15, 0.2) is 0 Å². The van der Waals surface area contributed by atoms with Crippen LogP contribution in [0.5, 0.6) is 5.75 Å². The molecule has 0 spiro atoms. The second-order valence-electron chi connectivity index (χ2n) is 7.59. The predicted molar refractivity (Wildman–Crippen MR) is 109 cm³/mol. The van der Waals surface area contributed by atoms with Crippen LogP contribution in [0, 0.1) is 6.92 Å². The summed E-state index contributed by atoms with van der Waals surface area (Å²) in [5.41, 5.74) is 5.97. The van der Waals surface area contributed by atoms with Crippen LogP contribution in [0.3, 0.4) is 0 Å². The van der Waals surface area contributed by atoms with Crippen LogP contribution >= 0.6 is 0 Å². The Bertz CT molecular complexity index is 1180. The van der Waals surface area contributed by atoms with Crippen molar-refractivity contribution in [1.82, 2.24) is 4.31 Å². The Hall–Kier alpha value is -2.63. The molecule has 28 heavy (non-hydrogen) atoms. The lowest BCUT2D eigenvalue weighted by Gasteiger charge is -2.40. The van der Waals surface area contributed by atoms with Gasteiger partial charge in [0.05, 0.1) is 10.9 Å². The van der Waals surface area contributed by atoms with Crippen molar-refractivity contribution in [2.24, 2.45) is 0 Å². The van der Waals surface area contributed by atoms with Gasteiger partial charge in [-0.05, 0) is 60.2 Å². The highest BCUT2D eigenvalue weighted by molar-refractivity contribution is 7.89. The van der Waals surface area contributed by atoms with Crippen molar-refractivity contribution in [2.45, 2.75) is 30.7 Å². The van der Waals surface area contributed by atoms with Crippen LogP contribution in [0.4, 0.5) is 0 Å². The van der Waals surface area contributed by atoms with Crippen molar-refractivity contribution in [1.29, 1.82) is 0 Å². The minimum absolute atomic E-state index is 0.213. The van der Waals surface area contributed by atoms with E-state index in [4.69, 9.17) is 0 Å². The maximum atomic E-state index is 13.5. The molecule has 0 fully saturated rings. The third-order valence-corrected chi connectivity index (χ3v) is 7.85. The average molecular weight is 391 g/mol. The molecular formula is C23H21NO3S. The molecule has 1 aliphatic carbocycles. The number of hydrogen-bond acceptors (Lipinski definition) is 3. The van der Waals surface area contributed by atoms with Crippen LogP contribution in [0.2, 0.25) is 0 Å². The van der Waals surface area contributed by atoms with E-state index in [9.17, 15) is 13.5 Å². The average Bonchev–Trinajstić information content (AvgIpc) is 2.70. The van der Waals surface area contributed by atoms with Gasteiger partial charge in [0.1, 0.15) is 5.75 Å². The summed E-state index contributed by atoms with van der Waals surface area (Å²) in [4.78, 5) is 0.321. The van der Waals surface area contributed by atoms with Gasteiger partial charge in [0, 0.05) is 12.1 Å². The molecule has 4 nitrogen and oxygen atoms in total. The zero-order chi connectivity index (χ0) is 19.5. The molecule has 0 bridgehead atoms. The van der Waals surface area contributed by atoms with Gasteiger partial charge >= 0.3 is 0 Å². The molecule has 142 valence electrons. The van der Waals surface area contributed by atoms with Crippen LogP contribution in [0.15, 0.2) is 65.6 Å². The Morgan fingerprint density at radius 2 is 1.71 bits per heavy atom. The number of benzene rings is 3. The zero-order valence-electron chi connectivity index (χ0n) is 15.6. The van der Waals surface area contributed by atoms with Gasteiger partial charge in [0.2, 0.25) is 10.0 Å². The van der Waals surface area contributed by atoms with E-state index in [0.717, 1.165) is 33.4 Å². The summed E-state index contributed by atoms with van der Waals surface area (Å²) >= 11 is 0. The van der Waals surface area contributed by atoms with Gasteiger partial charge in [-0.25, -0.2) is 8.42 Å². The van der Waals surface area contributed by atoms with E-state index in [-0.39, 0.29) is 11.8 Å². The lowest BCUT2D eigenvalue weighted by atomic mass is 9.77. The molecule has 1 aliphatic heterocycles. The summed E-state index contributed by atoms with van der Waals surface area (Å²) in [5, 5.41) is 10.6. The second kappa shape index (κ2) is 6.19. The van der Waals surface area contributed by atoms with Gasteiger partial charge in [0.25, 0.3) is 0 Å². The third kappa shape index (κ3) is 2.50.